The number of likely N-dealkylation sites (N-methyl/N-ethyl adjacent to an activating group) is 1. The molecule has 46 heavy (non-hydrogen) atoms. The van der Waals surface area contributed by atoms with E-state index in [1.807, 2.05) is 54.6 Å². The van der Waals surface area contributed by atoms with Gasteiger partial charge in [0.05, 0.1) is 20.3 Å². The summed E-state index contributed by atoms with van der Waals surface area (Å²) >= 11 is 0. The van der Waals surface area contributed by atoms with Crippen molar-refractivity contribution in [3.63, 3.8) is 0 Å². The Bertz CT molecular complexity index is 1590. The highest BCUT2D eigenvalue weighted by atomic mass is 16.6. The molecule has 0 bridgehead atoms. The number of carbonyl (C=O) groups excluding carboxylic acids is 3. The van der Waals surface area contributed by atoms with Gasteiger partial charge in [0, 0.05) is 23.9 Å². The van der Waals surface area contributed by atoms with Crippen molar-refractivity contribution in [3.8, 4) is 5.75 Å². The van der Waals surface area contributed by atoms with Gasteiger partial charge < -0.3 is 24.4 Å². The average Bonchev–Trinajstić information content (AvgIpc) is 3.15. The van der Waals surface area contributed by atoms with Crippen LogP contribution in [0, 0.1) is 0 Å². The average molecular weight is 630 g/mol. The number of para-hydroxylation sites is 1. The van der Waals surface area contributed by atoms with E-state index in [1.54, 1.807) is 39.7 Å². The molecule has 0 aromatic heterocycles. The van der Waals surface area contributed by atoms with E-state index in [1.165, 1.54) is 11.9 Å². The Morgan fingerprint density at radius 1 is 1.13 bits per heavy atom. The highest BCUT2D eigenvalue weighted by molar-refractivity contribution is 6.02. The summed E-state index contributed by atoms with van der Waals surface area (Å²) in [5, 5.41) is 4.83. The largest absolute Gasteiger partial charge is 0.496 e. The second kappa shape index (κ2) is 14.7. The van der Waals surface area contributed by atoms with E-state index in [0.29, 0.717) is 31.0 Å². The van der Waals surface area contributed by atoms with Crippen LogP contribution in [-0.2, 0) is 32.0 Å². The van der Waals surface area contributed by atoms with Crippen LogP contribution in [0.4, 0.5) is 10.5 Å². The van der Waals surface area contributed by atoms with Gasteiger partial charge >= 0.3 is 6.09 Å². The molecule has 1 N–H and O–H groups in total. The van der Waals surface area contributed by atoms with Gasteiger partial charge in [0.25, 0.3) is 0 Å². The normalized spacial score (nSPS) is 15.4. The summed E-state index contributed by atoms with van der Waals surface area (Å²) in [5.74, 6) is 0.600. The molecule has 2 atom stereocenters. The lowest BCUT2D eigenvalue weighted by Crippen LogP contribution is -2.54. The SMILES string of the molecule is C=C(OCCCC)c1ccc2c(CN3C(=O)[C@@H](NC(=O)[C@H](C)N(C)C(=O)OC(C)(C)C)CCc4ccccc43)c(OC)ccc2c1. The van der Waals surface area contributed by atoms with Crippen molar-refractivity contribution in [2.75, 3.05) is 25.7 Å². The number of aryl methyl sites for hydroxylation is 1. The molecule has 0 unspecified atom stereocenters. The number of hydrogen-bond donors (Lipinski definition) is 1. The quantitative estimate of drug-likeness (QED) is 0.184. The van der Waals surface area contributed by atoms with Crippen molar-refractivity contribution in [1.29, 1.82) is 0 Å². The van der Waals surface area contributed by atoms with Crippen molar-refractivity contribution >= 4 is 40.1 Å². The summed E-state index contributed by atoms with van der Waals surface area (Å²) in [7, 11) is 3.13. The number of ether oxygens (including phenoxy) is 3. The first kappa shape index (κ1) is 34.3. The first-order chi connectivity index (χ1) is 21.8. The second-order valence-corrected chi connectivity index (χ2v) is 12.7. The van der Waals surface area contributed by atoms with Crippen molar-refractivity contribution in [3.05, 3.63) is 77.9 Å². The summed E-state index contributed by atoms with van der Waals surface area (Å²) in [5.41, 5.74) is 2.83. The molecule has 1 aliphatic rings. The zero-order valence-electron chi connectivity index (χ0n) is 28.1. The maximum atomic E-state index is 14.3. The molecule has 9 heteroatoms. The third-order valence-corrected chi connectivity index (χ3v) is 8.23. The standard InChI is InChI=1S/C37H47N3O6/c1-9-10-21-45-25(3)27-15-18-29-28(22-27)17-20-33(44-8)30(29)23-40-32-14-12-11-13-26(32)16-19-31(35(40)42)38-34(41)24(2)39(7)36(43)46-37(4,5)6/h11-15,17-18,20,22,24,31H,3,9-10,16,19,21,23H2,1-2,4-8H3,(H,38,41)/t24-,31-/m0/s1. The molecule has 0 fully saturated rings. The Balaban J connectivity index is 1.64. The summed E-state index contributed by atoms with van der Waals surface area (Å²) < 4.78 is 17.1. The fourth-order valence-corrected chi connectivity index (χ4v) is 5.46. The summed E-state index contributed by atoms with van der Waals surface area (Å²) in [6.07, 6.45) is 2.39. The van der Waals surface area contributed by atoms with E-state index in [9.17, 15) is 14.4 Å². The number of methoxy groups -OCH3 is 1. The smallest absolute Gasteiger partial charge is 0.410 e. The fraction of sp³-hybridized carbons (Fsp3) is 0.432. The molecule has 3 amide bonds. The van der Waals surface area contributed by atoms with Gasteiger partial charge in [-0.25, -0.2) is 4.79 Å². The highest BCUT2D eigenvalue weighted by Crippen LogP contribution is 2.35. The molecule has 4 rings (SSSR count). The molecule has 0 saturated carbocycles. The highest BCUT2D eigenvalue weighted by Gasteiger charge is 2.35. The topological polar surface area (TPSA) is 97.4 Å². The van der Waals surface area contributed by atoms with Crippen LogP contribution in [0.1, 0.15) is 70.6 Å². The monoisotopic (exact) mass is 629 g/mol. The van der Waals surface area contributed by atoms with Crippen LogP contribution in [0.2, 0.25) is 0 Å². The fourth-order valence-electron chi connectivity index (χ4n) is 5.46. The molecule has 0 spiro atoms. The third-order valence-electron chi connectivity index (χ3n) is 8.23. The number of benzene rings is 3. The Morgan fingerprint density at radius 3 is 2.57 bits per heavy atom. The minimum atomic E-state index is -0.852. The Labute approximate surface area is 272 Å². The van der Waals surface area contributed by atoms with Crippen molar-refractivity contribution < 1.29 is 28.6 Å². The van der Waals surface area contributed by atoms with E-state index >= 15 is 0 Å². The second-order valence-electron chi connectivity index (χ2n) is 12.7. The molecule has 1 heterocycles. The Kier molecular flexibility index (Phi) is 11.0. The number of amides is 3. The van der Waals surface area contributed by atoms with E-state index in [0.717, 1.165) is 46.0 Å². The van der Waals surface area contributed by atoms with Crippen LogP contribution in [0.5, 0.6) is 5.75 Å². The molecule has 3 aromatic carbocycles. The van der Waals surface area contributed by atoms with Gasteiger partial charge in [-0.05, 0) is 81.5 Å². The minimum Gasteiger partial charge on any atom is -0.496 e. The minimum absolute atomic E-state index is 0.226. The number of fused-ring (bicyclic) bond motifs is 2. The van der Waals surface area contributed by atoms with Crippen LogP contribution < -0.4 is 15.0 Å². The number of nitrogens with one attached hydrogen (secondary N) is 1. The lowest BCUT2D eigenvalue weighted by atomic mass is 9.99. The van der Waals surface area contributed by atoms with Crippen molar-refractivity contribution in [2.45, 2.75) is 84.5 Å². The van der Waals surface area contributed by atoms with Crippen LogP contribution >= 0.6 is 0 Å². The summed E-state index contributed by atoms with van der Waals surface area (Å²) in [4.78, 5) is 43.3. The molecule has 9 nitrogen and oxygen atoms in total. The van der Waals surface area contributed by atoms with E-state index in [-0.39, 0.29) is 12.5 Å². The third kappa shape index (κ3) is 8.00. The van der Waals surface area contributed by atoms with Crippen LogP contribution in [-0.4, -0.2) is 61.3 Å². The Morgan fingerprint density at radius 2 is 1.87 bits per heavy atom. The van der Waals surface area contributed by atoms with E-state index in [2.05, 4.69) is 18.8 Å². The zero-order chi connectivity index (χ0) is 33.6. The number of anilines is 1. The van der Waals surface area contributed by atoms with Crippen LogP contribution in [0.25, 0.3) is 16.5 Å². The molecule has 3 aromatic rings. The summed E-state index contributed by atoms with van der Waals surface area (Å²) in [6, 6.07) is 16.1. The first-order valence-corrected chi connectivity index (χ1v) is 15.9. The van der Waals surface area contributed by atoms with Gasteiger partial charge in [-0.1, -0.05) is 56.3 Å². The van der Waals surface area contributed by atoms with Gasteiger partial charge in [-0.15, -0.1) is 0 Å². The maximum absolute atomic E-state index is 14.3. The van der Waals surface area contributed by atoms with Crippen LogP contribution in [0.15, 0.2) is 61.2 Å². The van der Waals surface area contributed by atoms with Gasteiger partial charge in [0.1, 0.15) is 29.2 Å². The van der Waals surface area contributed by atoms with Crippen molar-refractivity contribution in [1.82, 2.24) is 10.2 Å². The van der Waals surface area contributed by atoms with E-state index < -0.39 is 29.7 Å². The predicted octanol–water partition coefficient (Wildman–Crippen LogP) is 6.86. The van der Waals surface area contributed by atoms with Gasteiger partial charge in [0.2, 0.25) is 11.8 Å². The van der Waals surface area contributed by atoms with Crippen LogP contribution in [0.3, 0.4) is 0 Å². The van der Waals surface area contributed by atoms with E-state index in [4.69, 9.17) is 14.2 Å². The van der Waals surface area contributed by atoms with Crippen molar-refractivity contribution in [2.24, 2.45) is 0 Å². The van der Waals surface area contributed by atoms with Gasteiger partial charge in [0.15, 0.2) is 0 Å². The lowest BCUT2D eigenvalue weighted by Gasteiger charge is -2.30. The molecule has 0 radical (unpaired) electrons. The molecular formula is C37H47N3O6. The molecule has 246 valence electrons. The number of rotatable bonds is 11. The first-order valence-electron chi connectivity index (χ1n) is 15.9. The zero-order valence-corrected chi connectivity index (χ0v) is 28.1. The van der Waals surface area contributed by atoms with Gasteiger partial charge in [-0.3, -0.25) is 14.5 Å². The maximum Gasteiger partial charge on any atom is 0.410 e. The van der Waals surface area contributed by atoms with Gasteiger partial charge in [-0.2, -0.15) is 0 Å². The molecule has 0 aliphatic carbocycles. The summed E-state index contributed by atoms with van der Waals surface area (Å²) in [6.45, 7) is 14.0. The molecular weight excluding hydrogens is 582 g/mol. The number of carbonyl (C=O) groups is 3. The predicted molar refractivity (Wildman–Crippen MR) is 182 cm³/mol. The number of hydrogen-bond acceptors (Lipinski definition) is 6. The molecule has 1 aliphatic heterocycles. The Hall–Kier alpha value is -4.53. The number of nitrogens with zero attached hydrogens (tertiary/aromatic N) is 2. The molecule has 0 saturated heterocycles. The lowest BCUT2D eigenvalue weighted by molar-refractivity contribution is -0.130. The number of unbranched alkanes of at least 4 members (excludes halogenated alkanes) is 1.